The molecule has 1 atom stereocenters. The number of hydrogen-bond acceptors (Lipinski definition) is 4. The van der Waals surface area contributed by atoms with Gasteiger partial charge in [0.05, 0.1) is 19.7 Å². The molecule has 21 heavy (non-hydrogen) atoms. The molecular formula is C16H24N2O3. The number of aryl methyl sites for hydroxylation is 1. The number of ether oxygens (including phenoxy) is 1. The summed E-state index contributed by atoms with van der Waals surface area (Å²) in [5, 5.41) is 12.1. The average Bonchev–Trinajstić information content (AvgIpc) is 2.91. The van der Waals surface area contributed by atoms with Gasteiger partial charge in [-0.2, -0.15) is 0 Å². The van der Waals surface area contributed by atoms with Gasteiger partial charge in [-0.15, -0.1) is 0 Å². The van der Waals surface area contributed by atoms with E-state index in [-0.39, 0.29) is 18.6 Å². The van der Waals surface area contributed by atoms with Gasteiger partial charge in [-0.3, -0.25) is 9.69 Å². The SMILES string of the molecule is Cc1cccc(OCCNC(=O)CN2CCC[C@@H]2CO)c1. The molecule has 1 aliphatic heterocycles. The Bertz CT molecular complexity index is 465. The summed E-state index contributed by atoms with van der Waals surface area (Å²) in [7, 11) is 0. The van der Waals surface area contributed by atoms with E-state index in [1.54, 1.807) is 0 Å². The smallest absolute Gasteiger partial charge is 0.234 e. The fraction of sp³-hybridized carbons (Fsp3) is 0.562. The Balaban J connectivity index is 1.63. The van der Waals surface area contributed by atoms with E-state index in [2.05, 4.69) is 5.32 Å². The fourth-order valence-electron chi connectivity index (χ4n) is 2.61. The van der Waals surface area contributed by atoms with E-state index in [1.165, 1.54) is 0 Å². The van der Waals surface area contributed by atoms with Crippen LogP contribution in [-0.4, -0.2) is 54.8 Å². The minimum atomic E-state index is -0.0109. The molecule has 1 aromatic rings. The second-order valence-electron chi connectivity index (χ2n) is 5.46. The van der Waals surface area contributed by atoms with E-state index in [0.717, 1.165) is 30.7 Å². The predicted octanol–water partition coefficient (Wildman–Crippen LogP) is 0.947. The summed E-state index contributed by atoms with van der Waals surface area (Å²) in [5.74, 6) is 0.812. The average molecular weight is 292 g/mol. The minimum absolute atomic E-state index is 0.0109. The van der Waals surface area contributed by atoms with Gasteiger partial charge in [-0.1, -0.05) is 12.1 Å². The molecule has 116 valence electrons. The topological polar surface area (TPSA) is 61.8 Å². The van der Waals surface area contributed by atoms with Gasteiger partial charge in [0.25, 0.3) is 0 Å². The number of aliphatic hydroxyl groups is 1. The number of nitrogens with zero attached hydrogens (tertiary/aromatic N) is 1. The molecule has 1 amide bonds. The molecule has 1 heterocycles. The summed E-state index contributed by atoms with van der Waals surface area (Å²) >= 11 is 0. The number of nitrogens with one attached hydrogen (secondary N) is 1. The molecule has 2 N–H and O–H groups in total. The lowest BCUT2D eigenvalue weighted by Crippen LogP contribution is -2.42. The Kier molecular flexibility index (Phi) is 6.02. The van der Waals surface area contributed by atoms with Crippen LogP contribution in [0, 0.1) is 6.92 Å². The third-order valence-electron chi connectivity index (χ3n) is 3.74. The lowest BCUT2D eigenvalue weighted by Gasteiger charge is -2.21. The van der Waals surface area contributed by atoms with Gasteiger partial charge in [0, 0.05) is 6.04 Å². The van der Waals surface area contributed by atoms with E-state index in [1.807, 2.05) is 36.1 Å². The summed E-state index contributed by atoms with van der Waals surface area (Å²) in [5.41, 5.74) is 1.15. The summed E-state index contributed by atoms with van der Waals surface area (Å²) in [6.45, 7) is 4.34. The molecule has 0 aliphatic carbocycles. The molecular weight excluding hydrogens is 268 g/mol. The van der Waals surface area contributed by atoms with E-state index in [4.69, 9.17) is 4.74 Å². The Hall–Kier alpha value is -1.59. The maximum atomic E-state index is 11.8. The first-order valence-corrected chi connectivity index (χ1v) is 7.50. The number of rotatable bonds is 7. The third kappa shape index (κ3) is 5.02. The zero-order chi connectivity index (χ0) is 15.1. The Morgan fingerprint density at radius 2 is 2.38 bits per heavy atom. The molecule has 5 nitrogen and oxygen atoms in total. The molecule has 0 bridgehead atoms. The van der Waals surface area contributed by atoms with Crippen molar-refractivity contribution in [3.05, 3.63) is 29.8 Å². The largest absolute Gasteiger partial charge is 0.492 e. The zero-order valence-electron chi connectivity index (χ0n) is 12.5. The van der Waals surface area contributed by atoms with E-state index < -0.39 is 0 Å². The van der Waals surface area contributed by atoms with Crippen LogP contribution in [0.5, 0.6) is 5.75 Å². The van der Waals surface area contributed by atoms with Crippen LogP contribution in [0.3, 0.4) is 0 Å². The van der Waals surface area contributed by atoms with Crippen molar-refractivity contribution < 1.29 is 14.6 Å². The van der Waals surface area contributed by atoms with Crippen molar-refractivity contribution in [3.63, 3.8) is 0 Å². The van der Waals surface area contributed by atoms with Crippen LogP contribution in [-0.2, 0) is 4.79 Å². The van der Waals surface area contributed by atoms with Crippen LogP contribution in [0.1, 0.15) is 18.4 Å². The quantitative estimate of drug-likeness (QED) is 0.735. The van der Waals surface area contributed by atoms with Gasteiger partial charge in [-0.25, -0.2) is 0 Å². The van der Waals surface area contributed by atoms with E-state index in [9.17, 15) is 9.90 Å². The summed E-state index contributed by atoms with van der Waals surface area (Å²) in [6.07, 6.45) is 2.02. The van der Waals surface area contributed by atoms with Crippen molar-refractivity contribution in [2.45, 2.75) is 25.8 Å². The first-order chi connectivity index (χ1) is 10.2. The highest BCUT2D eigenvalue weighted by atomic mass is 16.5. The second-order valence-corrected chi connectivity index (χ2v) is 5.46. The van der Waals surface area contributed by atoms with Gasteiger partial charge in [-0.05, 0) is 44.0 Å². The lowest BCUT2D eigenvalue weighted by atomic mass is 10.2. The highest BCUT2D eigenvalue weighted by Gasteiger charge is 2.25. The lowest BCUT2D eigenvalue weighted by molar-refractivity contribution is -0.122. The molecule has 2 rings (SSSR count). The van der Waals surface area contributed by atoms with Gasteiger partial charge in [0.2, 0.25) is 5.91 Å². The van der Waals surface area contributed by atoms with Gasteiger partial charge < -0.3 is 15.2 Å². The Morgan fingerprint density at radius 1 is 1.52 bits per heavy atom. The number of hydrogen-bond donors (Lipinski definition) is 2. The number of amides is 1. The molecule has 1 saturated heterocycles. The standard InChI is InChI=1S/C16H24N2O3/c1-13-4-2-6-15(10-13)21-9-7-17-16(20)11-18-8-3-5-14(18)12-19/h2,4,6,10,14,19H,3,5,7-9,11-12H2,1H3,(H,17,20)/t14-/m1/s1. The summed E-state index contributed by atoms with van der Waals surface area (Å²) < 4.78 is 5.58. The second kappa shape index (κ2) is 8.00. The fourth-order valence-corrected chi connectivity index (χ4v) is 2.61. The molecule has 5 heteroatoms. The van der Waals surface area contributed by atoms with Crippen LogP contribution >= 0.6 is 0 Å². The third-order valence-corrected chi connectivity index (χ3v) is 3.74. The molecule has 0 aromatic heterocycles. The highest BCUT2D eigenvalue weighted by molar-refractivity contribution is 5.78. The van der Waals surface area contributed by atoms with Crippen LogP contribution < -0.4 is 10.1 Å². The number of carbonyl (C=O) groups excluding carboxylic acids is 1. The maximum absolute atomic E-state index is 11.8. The minimum Gasteiger partial charge on any atom is -0.492 e. The normalized spacial score (nSPS) is 18.7. The van der Waals surface area contributed by atoms with Gasteiger partial charge >= 0.3 is 0 Å². The number of likely N-dealkylation sites (tertiary alicyclic amines) is 1. The molecule has 0 unspecified atom stereocenters. The molecule has 0 radical (unpaired) electrons. The molecule has 0 saturated carbocycles. The Labute approximate surface area is 125 Å². The van der Waals surface area contributed by atoms with Crippen LogP contribution in [0.2, 0.25) is 0 Å². The molecule has 1 aromatic carbocycles. The predicted molar refractivity (Wildman–Crippen MR) is 81.4 cm³/mol. The van der Waals surface area contributed by atoms with Crippen LogP contribution in [0.15, 0.2) is 24.3 Å². The number of benzene rings is 1. The maximum Gasteiger partial charge on any atom is 0.234 e. The van der Waals surface area contributed by atoms with Crippen LogP contribution in [0.4, 0.5) is 0 Å². The van der Waals surface area contributed by atoms with Crippen LogP contribution in [0.25, 0.3) is 0 Å². The highest BCUT2D eigenvalue weighted by Crippen LogP contribution is 2.15. The van der Waals surface area contributed by atoms with Crippen molar-refractivity contribution in [1.82, 2.24) is 10.2 Å². The zero-order valence-corrected chi connectivity index (χ0v) is 12.5. The molecule has 1 aliphatic rings. The molecule has 1 fully saturated rings. The molecule has 0 spiro atoms. The van der Waals surface area contributed by atoms with Crippen molar-refractivity contribution in [2.75, 3.05) is 32.8 Å². The summed E-state index contributed by atoms with van der Waals surface area (Å²) in [6, 6.07) is 7.98. The monoisotopic (exact) mass is 292 g/mol. The number of aliphatic hydroxyl groups excluding tert-OH is 1. The first-order valence-electron chi connectivity index (χ1n) is 7.50. The summed E-state index contributed by atoms with van der Waals surface area (Å²) in [4.78, 5) is 13.9. The van der Waals surface area contributed by atoms with Crippen molar-refractivity contribution in [2.24, 2.45) is 0 Å². The van der Waals surface area contributed by atoms with Crippen molar-refractivity contribution in [3.8, 4) is 5.75 Å². The number of carbonyl (C=O) groups is 1. The van der Waals surface area contributed by atoms with Gasteiger partial charge in [0.1, 0.15) is 12.4 Å². The van der Waals surface area contributed by atoms with E-state index in [0.29, 0.717) is 19.7 Å². The first kappa shape index (κ1) is 15.8. The van der Waals surface area contributed by atoms with Gasteiger partial charge in [0.15, 0.2) is 0 Å². The van der Waals surface area contributed by atoms with E-state index >= 15 is 0 Å². The van der Waals surface area contributed by atoms with Crippen molar-refractivity contribution >= 4 is 5.91 Å². The van der Waals surface area contributed by atoms with Crippen molar-refractivity contribution in [1.29, 1.82) is 0 Å². The Morgan fingerprint density at radius 3 is 3.14 bits per heavy atom.